The van der Waals surface area contributed by atoms with Crippen LogP contribution in [0.2, 0.25) is 20.1 Å². The molecule has 1 heterocycles. The van der Waals surface area contributed by atoms with Crippen LogP contribution in [0.1, 0.15) is 19.4 Å². The van der Waals surface area contributed by atoms with E-state index < -0.39 is 41.1 Å². The van der Waals surface area contributed by atoms with Crippen LogP contribution in [0.3, 0.4) is 0 Å². The lowest BCUT2D eigenvalue weighted by molar-refractivity contribution is -0.384. The van der Waals surface area contributed by atoms with Crippen LogP contribution in [0, 0.1) is 10.1 Å². The molecule has 3 aromatic carbocycles. The number of rotatable bonds is 8. The predicted molar refractivity (Wildman–Crippen MR) is 167 cm³/mol. The van der Waals surface area contributed by atoms with E-state index in [1.807, 2.05) is 0 Å². The maximum Gasteiger partial charge on any atom is 0.347 e. The first kappa shape index (κ1) is 32.8. The molecule has 1 unspecified atom stereocenters. The normalized spacial score (nSPS) is 15.9. The molecule has 1 saturated heterocycles. The second-order valence-electron chi connectivity index (χ2n) is 9.91. The van der Waals surface area contributed by atoms with Crippen LogP contribution in [-0.4, -0.2) is 62.5 Å². The van der Waals surface area contributed by atoms with Gasteiger partial charge in [0.05, 0.1) is 36.8 Å². The average Bonchev–Trinajstić information content (AvgIpc) is 3.16. The van der Waals surface area contributed by atoms with Gasteiger partial charge in [0.25, 0.3) is 11.6 Å². The highest BCUT2D eigenvalue weighted by Crippen LogP contribution is 2.39. The molecule has 3 N–H and O–H groups in total. The number of amides is 5. The minimum atomic E-state index is -1.39. The van der Waals surface area contributed by atoms with Crippen molar-refractivity contribution in [1.29, 1.82) is 0 Å². The molecule has 1 fully saturated rings. The maximum atomic E-state index is 13.8. The molecule has 0 saturated carbocycles. The first-order chi connectivity index (χ1) is 20.7. The van der Waals surface area contributed by atoms with Crippen LogP contribution in [0.25, 0.3) is 0 Å². The first-order valence-electron chi connectivity index (χ1n) is 12.6. The van der Waals surface area contributed by atoms with Crippen LogP contribution >= 0.6 is 46.4 Å². The van der Waals surface area contributed by atoms with E-state index in [4.69, 9.17) is 46.4 Å². The van der Waals surface area contributed by atoms with Gasteiger partial charge in [-0.2, -0.15) is 10.2 Å². The number of nitro benzene ring substituents is 1. The summed E-state index contributed by atoms with van der Waals surface area (Å²) in [6, 6.07) is 12.4. The van der Waals surface area contributed by atoms with Crippen LogP contribution in [0.4, 0.5) is 26.7 Å². The summed E-state index contributed by atoms with van der Waals surface area (Å²) >= 11 is 24.3. The number of urea groups is 2. The van der Waals surface area contributed by atoms with E-state index in [0.29, 0.717) is 10.6 Å². The number of nitro groups is 1. The number of benzene rings is 3. The van der Waals surface area contributed by atoms with E-state index in [1.54, 1.807) is 19.9 Å². The Kier molecular flexibility index (Phi) is 9.86. The van der Waals surface area contributed by atoms with Gasteiger partial charge in [0.15, 0.2) is 6.17 Å². The van der Waals surface area contributed by atoms with Crippen molar-refractivity contribution in [3.63, 3.8) is 0 Å². The summed E-state index contributed by atoms with van der Waals surface area (Å²) in [7, 11) is 0. The number of halogens is 4. The van der Waals surface area contributed by atoms with E-state index in [1.165, 1.54) is 60.8 Å². The van der Waals surface area contributed by atoms with Crippen LogP contribution in [0.15, 0.2) is 65.8 Å². The van der Waals surface area contributed by atoms with Gasteiger partial charge in [-0.25, -0.2) is 15.0 Å². The van der Waals surface area contributed by atoms with Crippen molar-refractivity contribution in [1.82, 2.24) is 15.4 Å². The molecule has 0 aromatic heterocycles. The van der Waals surface area contributed by atoms with Gasteiger partial charge in [-0.05, 0) is 50.2 Å². The highest BCUT2D eigenvalue weighted by molar-refractivity contribution is 6.42. The summed E-state index contributed by atoms with van der Waals surface area (Å²) in [5.41, 5.74) is 1.47. The molecule has 1 aliphatic rings. The molecule has 13 nitrogen and oxygen atoms in total. The summed E-state index contributed by atoms with van der Waals surface area (Å²) < 4.78 is 0. The summed E-state index contributed by atoms with van der Waals surface area (Å²) in [6.07, 6.45) is -0.189. The SMILES string of the molecule is CC1(C)C(N(O)C(=O)Nc2ccc(Cl)c(Cl)c2)N(c2ccc(Cl)c(Cl)c2)C(=O)N1CC(=O)N/N=C\c1cccc([N+](=O)[O-])c1. The molecule has 3 aromatic rings. The van der Waals surface area contributed by atoms with E-state index in [0.717, 1.165) is 9.80 Å². The van der Waals surface area contributed by atoms with Gasteiger partial charge in [0.2, 0.25) is 0 Å². The highest BCUT2D eigenvalue weighted by atomic mass is 35.5. The Bertz CT molecular complexity index is 1670. The highest BCUT2D eigenvalue weighted by Gasteiger charge is 2.56. The number of hydrogen-bond acceptors (Lipinski definition) is 7. The van der Waals surface area contributed by atoms with Gasteiger partial charge in [-0.15, -0.1) is 0 Å². The predicted octanol–water partition coefficient (Wildman–Crippen LogP) is 6.63. The van der Waals surface area contributed by atoms with Gasteiger partial charge >= 0.3 is 12.1 Å². The fourth-order valence-electron chi connectivity index (χ4n) is 4.45. The lowest BCUT2D eigenvalue weighted by Crippen LogP contribution is -2.58. The number of nitrogens with zero attached hydrogens (tertiary/aromatic N) is 5. The number of carbonyl (C=O) groups is 3. The number of hydrogen-bond donors (Lipinski definition) is 3. The fraction of sp³-hybridized carbons (Fsp3) is 0.185. The molecule has 0 aliphatic carbocycles. The summed E-state index contributed by atoms with van der Waals surface area (Å²) in [4.78, 5) is 52.6. The molecule has 4 rings (SSSR count). The third-order valence-electron chi connectivity index (χ3n) is 6.59. The molecule has 17 heteroatoms. The maximum absolute atomic E-state index is 13.8. The van der Waals surface area contributed by atoms with Gasteiger partial charge in [-0.1, -0.05) is 58.5 Å². The van der Waals surface area contributed by atoms with Crippen LogP contribution < -0.4 is 15.6 Å². The van der Waals surface area contributed by atoms with Crippen molar-refractivity contribution in [3.05, 3.63) is 96.4 Å². The Morgan fingerprint density at radius 2 is 1.70 bits per heavy atom. The van der Waals surface area contributed by atoms with E-state index in [2.05, 4.69) is 15.8 Å². The number of nitrogens with one attached hydrogen (secondary N) is 2. The topological polar surface area (TPSA) is 161 Å². The Morgan fingerprint density at radius 3 is 2.34 bits per heavy atom. The molecule has 1 aliphatic heterocycles. The first-order valence-corrected chi connectivity index (χ1v) is 14.1. The van der Waals surface area contributed by atoms with Crippen LogP contribution in [-0.2, 0) is 4.79 Å². The molecule has 0 bridgehead atoms. The van der Waals surface area contributed by atoms with E-state index in [-0.39, 0.29) is 37.2 Å². The zero-order chi connectivity index (χ0) is 32.3. The fourth-order valence-corrected chi connectivity index (χ4v) is 5.04. The number of hydrazone groups is 1. The van der Waals surface area contributed by atoms with Crippen molar-refractivity contribution in [3.8, 4) is 0 Å². The van der Waals surface area contributed by atoms with Crippen molar-refractivity contribution in [2.75, 3.05) is 16.8 Å². The molecule has 230 valence electrons. The zero-order valence-electron chi connectivity index (χ0n) is 22.9. The summed E-state index contributed by atoms with van der Waals surface area (Å²) in [5, 5.41) is 29.6. The van der Waals surface area contributed by atoms with Crippen LogP contribution in [0.5, 0.6) is 0 Å². The second kappa shape index (κ2) is 13.2. The number of carbonyl (C=O) groups excluding carboxylic acids is 3. The smallest absolute Gasteiger partial charge is 0.306 e. The van der Waals surface area contributed by atoms with Gasteiger partial charge in [0.1, 0.15) is 6.54 Å². The zero-order valence-corrected chi connectivity index (χ0v) is 25.9. The average molecular weight is 683 g/mol. The molecule has 44 heavy (non-hydrogen) atoms. The van der Waals surface area contributed by atoms with E-state index >= 15 is 0 Å². The molecule has 5 amide bonds. The van der Waals surface area contributed by atoms with Crippen molar-refractivity contribution < 1.29 is 24.5 Å². The summed E-state index contributed by atoms with van der Waals surface area (Å²) in [6.45, 7) is 2.54. The Morgan fingerprint density at radius 1 is 1.05 bits per heavy atom. The number of anilines is 2. The lowest BCUT2D eigenvalue weighted by Gasteiger charge is -2.38. The second-order valence-corrected chi connectivity index (χ2v) is 11.5. The van der Waals surface area contributed by atoms with Gasteiger partial charge in [-0.3, -0.25) is 25.0 Å². The van der Waals surface area contributed by atoms with Crippen molar-refractivity contribution in [2.45, 2.75) is 25.6 Å². The van der Waals surface area contributed by atoms with Crippen molar-refractivity contribution >= 4 is 87.6 Å². The molecule has 0 spiro atoms. The molecular formula is C27H23Cl4N7O6. The Balaban J connectivity index is 1.60. The number of non-ortho nitro benzene ring substituents is 1. The van der Waals surface area contributed by atoms with Gasteiger partial charge in [0, 0.05) is 29.1 Å². The lowest BCUT2D eigenvalue weighted by atomic mass is 9.99. The quantitative estimate of drug-likeness (QED) is 0.105. The minimum absolute atomic E-state index is 0.102. The largest absolute Gasteiger partial charge is 0.347 e. The monoisotopic (exact) mass is 681 g/mol. The van der Waals surface area contributed by atoms with Crippen molar-refractivity contribution in [2.24, 2.45) is 5.10 Å². The number of hydroxylamine groups is 2. The standard InChI is InChI=1S/C27H23Cl4N7O6/c1-27(2)24(37(42)25(40)33-16-6-8-19(28)21(30)11-16)36(17-7-9-20(29)22(31)12-17)26(41)35(27)14-23(39)34-32-13-15-4-3-5-18(10-15)38(43)44/h3-13,24,42H,14H2,1-2H3,(H,33,40)(H,34,39)/b32-13-. The Hall–Kier alpha value is -4.14. The summed E-state index contributed by atoms with van der Waals surface area (Å²) in [5.74, 6) is -0.729. The third-order valence-corrected chi connectivity index (χ3v) is 8.06. The third kappa shape index (κ3) is 6.98. The minimum Gasteiger partial charge on any atom is -0.306 e. The molecule has 0 radical (unpaired) electrons. The molecular weight excluding hydrogens is 660 g/mol. The molecule has 1 atom stereocenters. The Labute approximate surface area is 270 Å². The van der Waals surface area contributed by atoms with Gasteiger partial charge < -0.3 is 10.2 Å². The van der Waals surface area contributed by atoms with E-state index in [9.17, 15) is 29.7 Å².